The van der Waals surface area contributed by atoms with Crippen LogP contribution >= 0.6 is 11.6 Å². The summed E-state index contributed by atoms with van der Waals surface area (Å²) in [6.07, 6.45) is 2.77. The third kappa shape index (κ3) is 3.79. The highest BCUT2D eigenvalue weighted by atomic mass is 35.5. The Labute approximate surface area is 112 Å². The van der Waals surface area contributed by atoms with Gasteiger partial charge in [0.15, 0.2) is 0 Å². The second kappa shape index (κ2) is 6.67. The standard InChI is InChI=1S/C14H15ClN2O/c1-4-11(15)10(3)16-12-8-6-7-9-13(12)17-14(18)5-2/h4-9,16H,1-2H2,3H3,(H,17,18)/b11-10-. The number of anilines is 2. The van der Waals surface area contributed by atoms with E-state index in [1.54, 1.807) is 12.1 Å². The lowest BCUT2D eigenvalue weighted by atomic mass is 10.2. The van der Waals surface area contributed by atoms with Gasteiger partial charge in [0.05, 0.1) is 16.4 Å². The van der Waals surface area contributed by atoms with E-state index in [2.05, 4.69) is 23.8 Å². The number of allylic oxidation sites excluding steroid dienone is 3. The molecule has 1 amide bonds. The highest BCUT2D eigenvalue weighted by molar-refractivity contribution is 6.31. The molecule has 0 spiro atoms. The van der Waals surface area contributed by atoms with Crippen LogP contribution in [0, 0.1) is 0 Å². The first-order valence-corrected chi connectivity index (χ1v) is 5.74. The van der Waals surface area contributed by atoms with Gasteiger partial charge in [-0.15, -0.1) is 0 Å². The summed E-state index contributed by atoms with van der Waals surface area (Å²) >= 11 is 5.95. The van der Waals surface area contributed by atoms with Crippen LogP contribution in [0.2, 0.25) is 0 Å². The molecule has 0 unspecified atom stereocenters. The lowest BCUT2D eigenvalue weighted by Crippen LogP contribution is -2.10. The summed E-state index contributed by atoms with van der Waals surface area (Å²) in [5.41, 5.74) is 2.17. The minimum Gasteiger partial charge on any atom is -0.356 e. The number of carbonyl (C=O) groups excluding carboxylic acids is 1. The van der Waals surface area contributed by atoms with Crippen LogP contribution in [-0.4, -0.2) is 5.91 Å². The molecule has 0 heterocycles. The Morgan fingerprint density at radius 2 is 1.72 bits per heavy atom. The molecular formula is C14H15ClN2O. The first kappa shape index (κ1) is 14.1. The fraction of sp³-hybridized carbons (Fsp3) is 0.0714. The smallest absolute Gasteiger partial charge is 0.247 e. The zero-order valence-corrected chi connectivity index (χ0v) is 10.9. The maximum Gasteiger partial charge on any atom is 0.247 e. The Balaban J connectivity index is 2.99. The zero-order chi connectivity index (χ0) is 13.5. The highest BCUT2D eigenvalue weighted by Gasteiger charge is 2.05. The van der Waals surface area contributed by atoms with Crippen LogP contribution in [0.5, 0.6) is 0 Å². The van der Waals surface area contributed by atoms with Crippen LogP contribution in [-0.2, 0) is 4.79 Å². The summed E-state index contributed by atoms with van der Waals surface area (Å²) in [4.78, 5) is 11.3. The molecule has 4 heteroatoms. The van der Waals surface area contributed by atoms with Crippen molar-refractivity contribution in [3.05, 3.63) is 60.3 Å². The van der Waals surface area contributed by atoms with Crippen LogP contribution in [0.1, 0.15) is 6.92 Å². The number of rotatable bonds is 5. The number of hydrogen-bond donors (Lipinski definition) is 2. The third-order valence-corrected chi connectivity index (χ3v) is 2.67. The zero-order valence-electron chi connectivity index (χ0n) is 10.2. The van der Waals surface area contributed by atoms with E-state index in [1.807, 2.05) is 25.1 Å². The average Bonchev–Trinajstić information content (AvgIpc) is 2.39. The van der Waals surface area contributed by atoms with Gasteiger partial charge in [-0.05, 0) is 31.2 Å². The minimum atomic E-state index is -0.263. The summed E-state index contributed by atoms with van der Waals surface area (Å²) in [7, 11) is 0. The van der Waals surface area contributed by atoms with E-state index in [-0.39, 0.29) is 5.91 Å². The first-order chi connectivity index (χ1) is 8.58. The van der Waals surface area contributed by atoms with Crippen molar-refractivity contribution in [2.75, 3.05) is 10.6 Å². The van der Waals surface area contributed by atoms with Gasteiger partial charge in [-0.3, -0.25) is 4.79 Å². The van der Waals surface area contributed by atoms with Crippen LogP contribution in [0.25, 0.3) is 0 Å². The van der Waals surface area contributed by atoms with Crippen LogP contribution in [0.15, 0.2) is 60.3 Å². The lowest BCUT2D eigenvalue weighted by molar-refractivity contribution is -0.111. The topological polar surface area (TPSA) is 41.1 Å². The van der Waals surface area contributed by atoms with Crippen molar-refractivity contribution in [2.24, 2.45) is 0 Å². The number of carbonyl (C=O) groups is 1. The number of benzene rings is 1. The minimum absolute atomic E-state index is 0.263. The van der Waals surface area contributed by atoms with Gasteiger partial charge in [0.2, 0.25) is 5.91 Å². The quantitative estimate of drug-likeness (QED) is 0.625. The molecule has 0 radical (unpaired) electrons. The summed E-state index contributed by atoms with van der Waals surface area (Å²) in [5.74, 6) is -0.263. The van der Waals surface area contributed by atoms with Gasteiger partial charge in [-0.1, -0.05) is 36.9 Å². The molecule has 0 saturated carbocycles. The highest BCUT2D eigenvalue weighted by Crippen LogP contribution is 2.24. The SMILES string of the molecule is C=CC(=O)Nc1ccccc1N/C(C)=C(\Cl)C=C. The van der Waals surface area contributed by atoms with Gasteiger partial charge in [0.1, 0.15) is 0 Å². The molecule has 0 bridgehead atoms. The molecule has 18 heavy (non-hydrogen) atoms. The monoisotopic (exact) mass is 262 g/mol. The molecule has 1 aromatic carbocycles. The predicted octanol–water partition coefficient (Wildman–Crippen LogP) is 3.88. The average molecular weight is 263 g/mol. The van der Waals surface area contributed by atoms with Crippen LogP contribution in [0.4, 0.5) is 11.4 Å². The van der Waals surface area contributed by atoms with Crippen molar-refractivity contribution in [1.29, 1.82) is 0 Å². The van der Waals surface area contributed by atoms with Gasteiger partial charge >= 0.3 is 0 Å². The summed E-state index contributed by atoms with van der Waals surface area (Å²) in [6.45, 7) is 8.84. The van der Waals surface area contributed by atoms with E-state index in [9.17, 15) is 4.79 Å². The predicted molar refractivity (Wildman–Crippen MR) is 77.6 cm³/mol. The first-order valence-electron chi connectivity index (χ1n) is 5.36. The van der Waals surface area contributed by atoms with E-state index in [1.165, 1.54) is 6.08 Å². The van der Waals surface area contributed by atoms with E-state index in [4.69, 9.17) is 11.6 Å². The van der Waals surface area contributed by atoms with Gasteiger partial charge in [-0.25, -0.2) is 0 Å². The molecule has 0 fully saturated rings. The van der Waals surface area contributed by atoms with Crippen LogP contribution in [0.3, 0.4) is 0 Å². The normalized spacial score (nSPS) is 11.2. The maximum absolute atomic E-state index is 11.3. The van der Waals surface area contributed by atoms with Gasteiger partial charge in [0, 0.05) is 5.70 Å². The van der Waals surface area contributed by atoms with Crippen molar-refractivity contribution in [3.63, 3.8) is 0 Å². The summed E-state index contributed by atoms with van der Waals surface area (Å²) < 4.78 is 0. The lowest BCUT2D eigenvalue weighted by Gasteiger charge is -2.13. The molecule has 0 saturated heterocycles. The Bertz CT molecular complexity index is 506. The summed E-state index contributed by atoms with van der Waals surface area (Å²) in [6, 6.07) is 7.33. The molecule has 0 aliphatic carbocycles. The molecule has 3 nitrogen and oxygen atoms in total. The van der Waals surface area contributed by atoms with Crippen molar-refractivity contribution < 1.29 is 4.79 Å². The number of nitrogens with one attached hydrogen (secondary N) is 2. The van der Waals surface area contributed by atoms with Gasteiger partial charge < -0.3 is 10.6 Å². The second-order valence-corrected chi connectivity index (χ2v) is 3.95. The fourth-order valence-corrected chi connectivity index (χ4v) is 1.35. The molecule has 2 N–H and O–H groups in total. The fourth-order valence-electron chi connectivity index (χ4n) is 1.30. The summed E-state index contributed by atoms with van der Waals surface area (Å²) in [5, 5.41) is 6.36. The number of amides is 1. The molecule has 94 valence electrons. The molecular weight excluding hydrogens is 248 g/mol. The molecule has 0 aliphatic rings. The maximum atomic E-state index is 11.3. The number of halogens is 1. The van der Waals surface area contributed by atoms with Crippen molar-refractivity contribution >= 4 is 28.9 Å². The van der Waals surface area contributed by atoms with E-state index in [0.717, 1.165) is 11.4 Å². The Morgan fingerprint density at radius 1 is 1.17 bits per heavy atom. The second-order valence-electron chi connectivity index (χ2n) is 3.54. The Hall–Kier alpha value is -2.00. The number of para-hydroxylation sites is 2. The molecule has 1 aromatic rings. The molecule has 1 rings (SSSR count). The molecule has 0 aromatic heterocycles. The van der Waals surface area contributed by atoms with Gasteiger partial charge in [0.25, 0.3) is 0 Å². The van der Waals surface area contributed by atoms with E-state index >= 15 is 0 Å². The van der Waals surface area contributed by atoms with Crippen molar-refractivity contribution in [2.45, 2.75) is 6.92 Å². The Kier molecular flexibility index (Phi) is 5.21. The molecule has 0 atom stereocenters. The third-order valence-electron chi connectivity index (χ3n) is 2.23. The van der Waals surface area contributed by atoms with Crippen molar-refractivity contribution in [1.82, 2.24) is 0 Å². The van der Waals surface area contributed by atoms with Gasteiger partial charge in [-0.2, -0.15) is 0 Å². The largest absolute Gasteiger partial charge is 0.356 e. The number of hydrogen-bond acceptors (Lipinski definition) is 2. The van der Waals surface area contributed by atoms with Crippen molar-refractivity contribution in [3.8, 4) is 0 Å². The van der Waals surface area contributed by atoms with E-state index in [0.29, 0.717) is 10.7 Å². The Morgan fingerprint density at radius 3 is 2.22 bits per heavy atom. The van der Waals surface area contributed by atoms with E-state index < -0.39 is 0 Å². The van der Waals surface area contributed by atoms with Crippen LogP contribution < -0.4 is 10.6 Å². The molecule has 0 aliphatic heterocycles.